The first-order valence-electron chi connectivity index (χ1n) is 3.57. The lowest BCUT2D eigenvalue weighted by Gasteiger charge is -1.88. The highest BCUT2D eigenvalue weighted by Gasteiger charge is 1.82. The van der Waals surface area contributed by atoms with Gasteiger partial charge in [-0.3, -0.25) is 4.98 Å². The van der Waals surface area contributed by atoms with Gasteiger partial charge in [0.25, 0.3) is 0 Å². The molecule has 58 valence electrons. The summed E-state index contributed by atoms with van der Waals surface area (Å²) in [6.07, 6.45) is 6.99. The fraction of sp³-hybridized carbons (Fsp3) is 0.222. The van der Waals surface area contributed by atoms with Gasteiger partial charge in [0.2, 0.25) is 0 Å². The van der Waals surface area contributed by atoms with Crippen molar-refractivity contribution in [1.29, 1.82) is 0 Å². The molecule has 0 saturated heterocycles. The van der Waals surface area contributed by atoms with E-state index in [1.165, 1.54) is 0 Å². The van der Waals surface area contributed by atoms with Gasteiger partial charge >= 0.3 is 0 Å². The zero-order valence-corrected chi connectivity index (χ0v) is 7.79. The molecule has 0 aromatic carbocycles. The van der Waals surface area contributed by atoms with Crippen LogP contribution < -0.4 is 0 Å². The summed E-state index contributed by atoms with van der Waals surface area (Å²) in [5.41, 5.74) is 1.02. The first kappa shape index (κ1) is 8.47. The molecule has 2 heteroatoms. The van der Waals surface area contributed by atoms with Crippen molar-refractivity contribution in [3.8, 4) is 0 Å². The maximum atomic E-state index is 4.15. The molecule has 0 atom stereocenters. The summed E-state index contributed by atoms with van der Waals surface area (Å²) >= 11 is 3.35. The molecule has 1 nitrogen and oxygen atoms in total. The normalized spacial score (nSPS) is 10.6. The highest BCUT2D eigenvalue weighted by Crippen LogP contribution is 1.98. The SMILES string of the molecule is BrCCC=Cc1ccccn1. The third-order valence-electron chi connectivity index (χ3n) is 1.25. The Hall–Kier alpha value is -0.630. The molecule has 1 aromatic rings. The van der Waals surface area contributed by atoms with Crippen LogP contribution in [0, 0.1) is 0 Å². The topological polar surface area (TPSA) is 12.9 Å². The van der Waals surface area contributed by atoms with E-state index in [9.17, 15) is 0 Å². The molecule has 0 radical (unpaired) electrons. The molecule has 0 unspecified atom stereocenters. The smallest absolute Gasteiger partial charge is 0.0626 e. The Kier molecular flexibility index (Phi) is 3.91. The van der Waals surface area contributed by atoms with Crippen LogP contribution in [0.25, 0.3) is 6.08 Å². The van der Waals surface area contributed by atoms with Gasteiger partial charge in [-0.05, 0) is 24.6 Å². The van der Waals surface area contributed by atoms with Crippen molar-refractivity contribution in [2.45, 2.75) is 6.42 Å². The van der Waals surface area contributed by atoms with Gasteiger partial charge in [-0.1, -0.05) is 28.1 Å². The molecule has 0 fully saturated rings. The van der Waals surface area contributed by atoms with Crippen LogP contribution in [0.4, 0.5) is 0 Å². The van der Waals surface area contributed by atoms with Crippen molar-refractivity contribution in [2.75, 3.05) is 5.33 Å². The van der Waals surface area contributed by atoms with Gasteiger partial charge in [0, 0.05) is 11.5 Å². The van der Waals surface area contributed by atoms with Crippen molar-refractivity contribution in [1.82, 2.24) is 4.98 Å². The Morgan fingerprint density at radius 2 is 2.36 bits per heavy atom. The molecular formula is C9H10BrN. The number of hydrogen-bond donors (Lipinski definition) is 0. The minimum Gasteiger partial charge on any atom is -0.257 e. The van der Waals surface area contributed by atoms with Crippen LogP contribution in [0.2, 0.25) is 0 Å². The Morgan fingerprint density at radius 1 is 1.45 bits per heavy atom. The Balaban J connectivity index is 2.50. The number of hydrogen-bond acceptors (Lipinski definition) is 1. The summed E-state index contributed by atoms with van der Waals surface area (Å²) in [6.45, 7) is 0. The van der Waals surface area contributed by atoms with E-state index in [1.54, 1.807) is 6.20 Å². The van der Waals surface area contributed by atoms with Gasteiger partial charge in [-0.25, -0.2) is 0 Å². The van der Waals surface area contributed by atoms with E-state index in [-0.39, 0.29) is 0 Å². The van der Waals surface area contributed by atoms with Gasteiger partial charge in [0.15, 0.2) is 0 Å². The molecule has 1 aromatic heterocycles. The summed E-state index contributed by atoms with van der Waals surface area (Å²) < 4.78 is 0. The zero-order chi connectivity index (χ0) is 7.94. The van der Waals surface area contributed by atoms with Gasteiger partial charge in [0.1, 0.15) is 0 Å². The van der Waals surface area contributed by atoms with E-state index in [2.05, 4.69) is 27.0 Å². The number of halogens is 1. The fourth-order valence-corrected chi connectivity index (χ4v) is 1.01. The minimum absolute atomic E-state index is 1.01. The second-order valence-corrected chi connectivity index (χ2v) is 2.93. The van der Waals surface area contributed by atoms with Crippen molar-refractivity contribution in [3.05, 3.63) is 36.2 Å². The maximum absolute atomic E-state index is 4.15. The first-order valence-corrected chi connectivity index (χ1v) is 4.69. The molecule has 0 bridgehead atoms. The minimum atomic E-state index is 1.01. The highest BCUT2D eigenvalue weighted by molar-refractivity contribution is 9.09. The number of rotatable bonds is 3. The fourth-order valence-electron chi connectivity index (χ4n) is 0.742. The van der Waals surface area contributed by atoms with E-state index in [0.29, 0.717) is 0 Å². The largest absolute Gasteiger partial charge is 0.257 e. The van der Waals surface area contributed by atoms with Crippen LogP contribution in [0.1, 0.15) is 12.1 Å². The Bertz CT molecular complexity index is 218. The van der Waals surface area contributed by atoms with Crippen molar-refractivity contribution in [3.63, 3.8) is 0 Å². The standard InChI is InChI=1S/C9H10BrN/c10-7-3-1-5-9-6-2-4-8-11-9/h1-2,4-6,8H,3,7H2. The molecule has 0 aliphatic carbocycles. The lowest BCUT2D eigenvalue weighted by Crippen LogP contribution is -1.76. The molecular weight excluding hydrogens is 202 g/mol. The number of nitrogens with zero attached hydrogens (tertiary/aromatic N) is 1. The summed E-state index contributed by atoms with van der Waals surface area (Å²) in [5, 5.41) is 1.01. The molecule has 0 N–H and O–H groups in total. The van der Waals surface area contributed by atoms with Gasteiger partial charge < -0.3 is 0 Å². The van der Waals surface area contributed by atoms with Crippen LogP contribution in [-0.4, -0.2) is 10.3 Å². The molecule has 0 aliphatic heterocycles. The lowest BCUT2D eigenvalue weighted by molar-refractivity contribution is 1.25. The predicted octanol–water partition coefficient (Wildman–Crippen LogP) is 2.88. The zero-order valence-electron chi connectivity index (χ0n) is 6.20. The molecule has 0 aliphatic rings. The Morgan fingerprint density at radius 3 is 3.00 bits per heavy atom. The summed E-state index contributed by atoms with van der Waals surface area (Å²) in [5.74, 6) is 0. The maximum Gasteiger partial charge on any atom is 0.0626 e. The van der Waals surface area contributed by atoms with Crippen LogP contribution in [-0.2, 0) is 0 Å². The van der Waals surface area contributed by atoms with E-state index >= 15 is 0 Å². The number of allylic oxidation sites excluding steroid dienone is 1. The molecule has 0 spiro atoms. The second-order valence-electron chi connectivity index (χ2n) is 2.13. The molecule has 1 rings (SSSR count). The average molecular weight is 212 g/mol. The van der Waals surface area contributed by atoms with Gasteiger partial charge in [-0.2, -0.15) is 0 Å². The van der Waals surface area contributed by atoms with Crippen LogP contribution in [0.5, 0.6) is 0 Å². The molecule has 0 saturated carbocycles. The third kappa shape index (κ3) is 3.33. The number of aromatic nitrogens is 1. The number of alkyl halides is 1. The van der Waals surface area contributed by atoms with Crippen molar-refractivity contribution in [2.24, 2.45) is 0 Å². The second kappa shape index (κ2) is 5.08. The summed E-state index contributed by atoms with van der Waals surface area (Å²) in [4.78, 5) is 4.15. The predicted molar refractivity (Wildman–Crippen MR) is 51.7 cm³/mol. The van der Waals surface area contributed by atoms with E-state index in [0.717, 1.165) is 17.4 Å². The molecule has 0 amide bonds. The van der Waals surface area contributed by atoms with Crippen LogP contribution in [0.15, 0.2) is 30.5 Å². The lowest BCUT2D eigenvalue weighted by atomic mass is 10.3. The van der Waals surface area contributed by atoms with E-state index < -0.39 is 0 Å². The Labute approximate surface area is 75.3 Å². The summed E-state index contributed by atoms with van der Waals surface area (Å²) in [7, 11) is 0. The van der Waals surface area contributed by atoms with Gasteiger partial charge in [-0.15, -0.1) is 0 Å². The highest BCUT2D eigenvalue weighted by atomic mass is 79.9. The van der Waals surface area contributed by atoms with E-state index in [4.69, 9.17) is 0 Å². The molecule has 11 heavy (non-hydrogen) atoms. The first-order chi connectivity index (χ1) is 5.43. The van der Waals surface area contributed by atoms with Crippen molar-refractivity contribution >= 4 is 22.0 Å². The number of pyridine rings is 1. The van der Waals surface area contributed by atoms with Gasteiger partial charge in [0.05, 0.1) is 5.69 Å². The molecule has 1 heterocycles. The van der Waals surface area contributed by atoms with Crippen molar-refractivity contribution < 1.29 is 0 Å². The quantitative estimate of drug-likeness (QED) is 0.702. The summed E-state index contributed by atoms with van der Waals surface area (Å²) in [6, 6.07) is 5.90. The average Bonchev–Trinajstić information content (AvgIpc) is 2.07. The third-order valence-corrected chi connectivity index (χ3v) is 1.71. The van der Waals surface area contributed by atoms with Crippen LogP contribution in [0.3, 0.4) is 0 Å². The van der Waals surface area contributed by atoms with E-state index in [1.807, 2.05) is 24.3 Å². The monoisotopic (exact) mass is 211 g/mol. The van der Waals surface area contributed by atoms with Crippen LogP contribution >= 0.6 is 15.9 Å².